The van der Waals surface area contributed by atoms with E-state index in [0.717, 1.165) is 49.5 Å². The lowest BCUT2D eigenvalue weighted by molar-refractivity contribution is -0.384. The van der Waals surface area contributed by atoms with E-state index in [1.807, 2.05) is 18.2 Å². The Morgan fingerprint density at radius 2 is 1.97 bits per heavy atom. The Labute approximate surface area is 168 Å². The molecule has 1 aromatic heterocycles. The van der Waals surface area contributed by atoms with Crippen molar-refractivity contribution in [1.29, 1.82) is 0 Å². The summed E-state index contributed by atoms with van der Waals surface area (Å²) in [5, 5.41) is 11.8. The standard InChI is InChI=1S/C22H22N4O3/c27-26(28)18-7-8-19-17(12-18)6-9-22(23-19)25-14-20-21(15-25)29-11-10-24(20)13-16-4-2-1-3-5-16/h1-9,12,20-21H,10-11,13-15H2. The van der Waals surface area contributed by atoms with Gasteiger partial charge in [-0.25, -0.2) is 4.98 Å². The molecule has 2 saturated heterocycles. The molecule has 3 heterocycles. The van der Waals surface area contributed by atoms with Crippen LogP contribution in [0.1, 0.15) is 5.56 Å². The largest absolute Gasteiger partial charge is 0.373 e. The summed E-state index contributed by atoms with van der Waals surface area (Å²) in [5.41, 5.74) is 2.17. The second kappa shape index (κ2) is 7.42. The summed E-state index contributed by atoms with van der Waals surface area (Å²) in [4.78, 5) is 20.1. The maximum Gasteiger partial charge on any atom is 0.270 e. The van der Waals surface area contributed by atoms with Crippen LogP contribution in [0.5, 0.6) is 0 Å². The number of ether oxygens (including phenoxy) is 1. The van der Waals surface area contributed by atoms with Gasteiger partial charge >= 0.3 is 0 Å². The number of nitro groups is 1. The molecule has 0 saturated carbocycles. The summed E-state index contributed by atoms with van der Waals surface area (Å²) in [7, 11) is 0. The minimum absolute atomic E-state index is 0.0872. The number of aromatic nitrogens is 1. The third-order valence-electron chi connectivity index (χ3n) is 5.84. The smallest absolute Gasteiger partial charge is 0.270 e. The average molecular weight is 390 g/mol. The average Bonchev–Trinajstić information content (AvgIpc) is 3.19. The third kappa shape index (κ3) is 3.54. The molecule has 2 atom stereocenters. The minimum Gasteiger partial charge on any atom is -0.373 e. The molecule has 0 spiro atoms. The number of rotatable bonds is 4. The van der Waals surface area contributed by atoms with Crippen molar-refractivity contribution in [3.05, 3.63) is 76.3 Å². The van der Waals surface area contributed by atoms with Crippen LogP contribution in [-0.2, 0) is 11.3 Å². The Morgan fingerprint density at radius 1 is 1.10 bits per heavy atom. The molecule has 29 heavy (non-hydrogen) atoms. The van der Waals surface area contributed by atoms with E-state index in [1.54, 1.807) is 12.1 Å². The van der Waals surface area contributed by atoms with Crippen LogP contribution >= 0.6 is 0 Å². The lowest BCUT2D eigenvalue weighted by Crippen LogP contribution is -2.50. The van der Waals surface area contributed by atoms with Crippen molar-refractivity contribution < 1.29 is 9.66 Å². The zero-order valence-corrected chi connectivity index (χ0v) is 16.0. The van der Waals surface area contributed by atoms with Crippen LogP contribution in [0.3, 0.4) is 0 Å². The molecular formula is C22H22N4O3. The Bertz CT molecular complexity index is 1040. The molecular weight excluding hydrogens is 368 g/mol. The van der Waals surface area contributed by atoms with Crippen LogP contribution < -0.4 is 4.90 Å². The maximum absolute atomic E-state index is 11.0. The molecule has 7 nitrogen and oxygen atoms in total. The number of nitrogens with zero attached hydrogens (tertiary/aromatic N) is 4. The van der Waals surface area contributed by atoms with E-state index >= 15 is 0 Å². The zero-order chi connectivity index (χ0) is 19.8. The van der Waals surface area contributed by atoms with Gasteiger partial charge in [0.05, 0.1) is 29.2 Å². The molecule has 3 aromatic rings. The first-order chi connectivity index (χ1) is 14.2. The summed E-state index contributed by atoms with van der Waals surface area (Å²) in [6.07, 6.45) is 0.168. The first kappa shape index (κ1) is 18.0. The highest BCUT2D eigenvalue weighted by Gasteiger charge is 2.40. The van der Waals surface area contributed by atoms with E-state index in [1.165, 1.54) is 11.6 Å². The second-order valence-corrected chi connectivity index (χ2v) is 7.64. The monoisotopic (exact) mass is 390 g/mol. The Kier molecular flexibility index (Phi) is 4.61. The van der Waals surface area contributed by atoms with Gasteiger partial charge in [0.25, 0.3) is 5.69 Å². The van der Waals surface area contributed by atoms with Crippen molar-refractivity contribution in [2.45, 2.75) is 18.7 Å². The number of hydrogen-bond acceptors (Lipinski definition) is 6. The van der Waals surface area contributed by atoms with Crippen LogP contribution in [0.25, 0.3) is 10.9 Å². The number of non-ortho nitro benzene ring substituents is 1. The van der Waals surface area contributed by atoms with E-state index < -0.39 is 0 Å². The normalized spacial score (nSPS) is 22.0. The van der Waals surface area contributed by atoms with Crippen LogP contribution in [0.2, 0.25) is 0 Å². The number of morpholine rings is 1. The third-order valence-corrected chi connectivity index (χ3v) is 5.84. The van der Waals surface area contributed by atoms with Crippen LogP contribution in [0.15, 0.2) is 60.7 Å². The molecule has 0 bridgehead atoms. The number of hydrogen-bond donors (Lipinski definition) is 0. The lowest BCUT2D eigenvalue weighted by atomic mass is 10.1. The Hall–Kier alpha value is -3.03. The van der Waals surface area contributed by atoms with Crippen molar-refractivity contribution in [2.75, 3.05) is 31.1 Å². The summed E-state index contributed by atoms with van der Waals surface area (Å²) >= 11 is 0. The van der Waals surface area contributed by atoms with E-state index in [-0.39, 0.29) is 16.7 Å². The molecule has 2 aromatic carbocycles. The number of nitro benzene ring substituents is 1. The van der Waals surface area contributed by atoms with Gasteiger partial charge in [0.1, 0.15) is 5.82 Å². The molecule has 2 aliphatic heterocycles. The van der Waals surface area contributed by atoms with Gasteiger partial charge < -0.3 is 9.64 Å². The number of anilines is 1. The predicted molar refractivity (Wildman–Crippen MR) is 111 cm³/mol. The molecule has 2 fully saturated rings. The lowest BCUT2D eigenvalue weighted by Gasteiger charge is -2.36. The predicted octanol–water partition coefficient (Wildman–Crippen LogP) is 3.23. The van der Waals surface area contributed by atoms with Crippen LogP contribution in [0, 0.1) is 10.1 Å². The molecule has 5 rings (SSSR count). The first-order valence-electron chi connectivity index (χ1n) is 9.87. The highest BCUT2D eigenvalue weighted by molar-refractivity contribution is 5.82. The summed E-state index contributed by atoms with van der Waals surface area (Å²) < 4.78 is 6.07. The fourth-order valence-corrected chi connectivity index (χ4v) is 4.35. The summed E-state index contributed by atoms with van der Waals surface area (Å²) in [5.74, 6) is 0.893. The van der Waals surface area contributed by atoms with E-state index in [2.05, 4.69) is 34.1 Å². The number of fused-ring (bicyclic) bond motifs is 2. The van der Waals surface area contributed by atoms with Gasteiger partial charge in [-0.1, -0.05) is 30.3 Å². The van der Waals surface area contributed by atoms with Gasteiger partial charge in [0.2, 0.25) is 0 Å². The maximum atomic E-state index is 11.0. The van der Waals surface area contributed by atoms with E-state index in [9.17, 15) is 10.1 Å². The minimum atomic E-state index is -0.378. The molecule has 0 aliphatic carbocycles. The van der Waals surface area contributed by atoms with Crippen LogP contribution in [-0.4, -0.2) is 53.2 Å². The molecule has 148 valence electrons. The molecule has 0 amide bonds. The van der Waals surface area contributed by atoms with Crippen molar-refractivity contribution >= 4 is 22.4 Å². The van der Waals surface area contributed by atoms with Crippen LogP contribution in [0.4, 0.5) is 11.5 Å². The fraction of sp³-hybridized carbons (Fsp3) is 0.318. The van der Waals surface area contributed by atoms with Crippen molar-refractivity contribution in [2.24, 2.45) is 0 Å². The zero-order valence-electron chi connectivity index (χ0n) is 16.0. The molecule has 2 aliphatic rings. The second-order valence-electron chi connectivity index (χ2n) is 7.64. The van der Waals surface area contributed by atoms with Gasteiger partial charge in [0.15, 0.2) is 0 Å². The topological polar surface area (TPSA) is 71.7 Å². The Balaban J connectivity index is 1.36. The molecule has 7 heteroatoms. The molecule has 2 unspecified atom stereocenters. The number of pyridine rings is 1. The highest BCUT2D eigenvalue weighted by Crippen LogP contribution is 2.29. The number of benzene rings is 2. The summed E-state index contributed by atoms with van der Waals surface area (Å²) in [6.45, 7) is 4.27. The van der Waals surface area contributed by atoms with E-state index in [4.69, 9.17) is 9.72 Å². The van der Waals surface area contributed by atoms with Gasteiger partial charge in [0, 0.05) is 43.7 Å². The molecule has 0 N–H and O–H groups in total. The SMILES string of the molecule is O=[N+]([O-])c1ccc2nc(N3CC4OCCN(Cc5ccccc5)C4C3)ccc2c1. The van der Waals surface area contributed by atoms with E-state index in [0.29, 0.717) is 6.04 Å². The first-order valence-corrected chi connectivity index (χ1v) is 9.87. The van der Waals surface area contributed by atoms with Crippen molar-refractivity contribution in [3.63, 3.8) is 0 Å². The van der Waals surface area contributed by atoms with Gasteiger partial charge in [-0.2, -0.15) is 0 Å². The van der Waals surface area contributed by atoms with Crippen molar-refractivity contribution in [1.82, 2.24) is 9.88 Å². The van der Waals surface area contributed by atoms with Crippen molar-refractivity contribution in [3.8, 4) is 0 Å². The van der Waals surface area contributed by atoms with Gasteiger partial charge in [-0.15, -0.1) is 0 Å². The Morgan fingerprint density at radius 3 is 2.79 bits per heavy atom. The fourth-order valence-electron chi connectivity index (χ4n) is 4.35. The summed E-state index contributed by atoms with van der Waals surface area (Å²) in [6, 6.07) is 19.5. The quantitative estimate of drug-likeness (QED) is 0.503. The van der Waals surface area contributed by atoms with Gasteiger partial charge in [-0.3, -0.25) is 15.0 Å². The van der Waals surface area contributed by atoms with Gasteiger partial charge in [-0.05, 0) is 23.8 Å². The highest BCUT2D eigenvalue weighted by atomic mass is 16.6. The molecule has 0 radical (unpaired) electrons.